The molecule has 0 aliphatic heterocycles. The fraction of sp³-hybridized carbons (Fsp3) is 0.455. The van der Waals surface area contributed by atoms with E-state index < -0.39 is 20.0 Å². The molecule has 0 heterocycles. The molecule has 21 heavy (non-hydrogen) atoms. The molecule has 0 fully saturated rings. The molecule has 10 heteroatoms. The zero-order valence-electron chi connectivity index (χ0n) is 11.9. The first-order chi connectivity index (χ1) is 9.65. The number of anilines is 2. The lowest BCUT2D eigenvalue weighted by Gasteiger charge is -2.11. The number of nitrogen functional groups attached to an aromatic ring is 1. The van der Waals surface area contributed by atoms with Crippen LogP contribution in [0.3, 0.4) is 0 Å². The van der Waals surface area contributed by atoms with E-state index in [0.29, 0.717) is 30.9 Å². The standard InChI is InChI=1S/C11H20N4O4S2/c1-13-21(18,19)9-4-5-10(12)11(8-9)14-6-3-7-15-20(2,16)17/h4-5,8,13-15H,3,6-7,12H2,1-2H3. The highest BCUT2D eigenvalue weighted by Crippen LogP contribution is 2.22. The summed E-state index contributed by atoms with van der Waals surface area (Å²) in [6, 6.07) is 4.35. The second kappa shape index (κ2) is 7.07. The topological polar surface area (TPSA) is 130 Å². The summed E-state index contributed by atoms with van der Waals surface area (Å²) in [6.07, 6.45) is 1.63. The maximum atomic E-state index is 11.7. The van der Waals surface area contributed by atoms with Crippen molar-refractivity contribution in [1.29, 1.82) is 0 Å². The lowest BCUT2D eigenvalue weighted by molar-refractivity contribution is 0.585. The van der Waals surface area contributed by atoms with E-state index >= 15 is 0 Å². The van der Waals surface area contributed by atoms with Gasteiger partial charge in [0.25, 0.3) is 0 Å². The molecule has 0 aliphatic carbocycles. The third-order valence-corrected chi connectivity index (χ3v) is 4.78. The van der Waals surface area contributed by atoms with E-state index in [1.807, 2.05) is 0 Å². The maximum absolute atomic E-state index is 11.7. The maximum Gasteiger partial charge on any atom is 0.240 e. The molecule has 120 valence electrons. The minimum Gasteiger partial charge on any atom is -0.397 e. The molecule has 0 saturated carbocycles. The summed E-state index contributed by atoms with van der Waals surface area (Å²) < 4.78 is 49.7. The van der Waals surface area contributed by atoms with Gasteiger partial charge in [0.05, 0.1) is 22.5 Å². The van der Waals surface area contributed by atoms with E-state index in [9.17, 15) is 16.8 Å². The van der Waals surface area contributed by atoms with Crippen LogP contribution in [0.5, 0.6) is 0 Å². The van der Waals surface area contributed by atoms with Gasteiger partial charge in [-0.1, -0.05) is 0 Å². The molecule has 0 spiro atoms. The van der Waals surface area contributed by atoms with Crippen LogP contribution in [0, 0.1) is 0 Å². The molecule has 0 unspecified atom stereocenters. The van der Waals surface area contributed by atoms with Gasteiger partial charge >= 0.3 is 0 Å². The fourth-order valence-corrected chi connectivity index (χ4v) is 2.81. The van der Waals surface area contributed by atoms with Gasteiger partial charge in [0, 0.05) is 13.1 Å². The van der Waals surface area contributed by atoms with Gasteiger partial charge in [0.2, 0.25) is 20.0 Å². The van der Waals surface area contributed by atoms with Crippen LogP contribution in [0.15, 0.2) is 23.1 Å². The van der Waals surface area contributed by atoms with Crippen molar-refractivity contribution in [2.45, 2.75) is 11.3 Å². The van der Waals surface area contributed by atoms with Crippen LogP contribution in [0.1, 0.15) is 6.42 Å². The predicted octanol–water partition coefficient (Wildman–Crippen LogP) is -0.472. The highest BCUT2D eigenvalue weighted by atomic mass is 32.2. The first-order valence-electron chi connectivity index (χ1n) is 6.17. The largest absolute Gasteiger partial charge is 0.397 e. The normalized spacial score (nSPS) is 12.3. The van der Waals surface area contributed by atoms with Crippen LogP contribution in [0.2, 0.25) is 0 Å². The lowest BCUT2D eigenvalue weighted by Crippen LogP contribution is -2.24. The van der Waals surface area contributed by atoms with Crippen molar-refractivity contribution < 1.29 is 16.8 Å². The van der Waals surface area contributed by atoms with Gasteiger partial charge in [-0.2, -0.15) is 0 Å². The predicted molar refractivity (Wildman–Crippen MR) is 83.1 cm³/mol. The van der Waals surface area contributed by atoms with E-state index in [4.69, 9.17) is 5.73 Å². The molecular weight excluding hydrogens is 316 g/mol. The summed E-state index contributed by atoms with van der Waals surface area (Å²) in [5.74, 6) is 0. The van der Waals surface area contributed by atoms with Crippen molar-refractivity contribution in [2.24, 2.45) is 0 Å². The van der Waals surface area contributed by atoms with Crippen molar-refractivity contribution in [2.75, 3.05) is 37.4 Å². The number of nitrogens with two attached hydrogens (primary N) is 1. The van der Waals surface area contributed by atoms with Crippen LogP contribution in [0.25, 0.3) is 0 Å². The van der Waals surface area contributed by atoms with Gasteiger partial charge in [0.1, 0.15) is 0 Å². The molecule has 0 bridgehead atoms. The SMILES string of the molecule is CNS(=O)(=O)c1ccc(N)c(NCCCNS(C)(=O)=O)c1. The highest BCUT2D eigenvalue weighted by Gasteiger charge is 2.12. The number of nitrogens with one attached hydrogen (secondary N) is 3. The molecule has 0 atom stereocenters. The van der Waals surface area contributed by atoms with Crippen LogP contribution >= 0.6 is 0 Å². The Bertz CT molecular complexity index is 686. The van der Waals surface area contributed by atoms with E-state index in [2.05, 4.69) is 14.8 Å². The number of hydrogen-bond donors (Lipinski definition) is 4. The first-order valence-corrected chi connectivity index (χ1v) is 9.55. The summed E-state index contributed by atoms with van der Waals surface area (Å²) in [5, 5.41) is 2.98. The summed E-state index contributed by atoms with van der Waals surface area (Å²) in [5.41, 5.74) is 6.68. The van der Waals surface area contributed by atoms with Crippen LogP contribution in [0.4, 0.5) is 11.4 Å². The Balaban J connectivity index is 2.65. The molecule has 0 aromatic heterocycles. The minimum absolute atomic E-state index is 0.107. The summed E-state index contributed by atoms with van der Waals surface area (Å²) in [7, 11) is -5.40. The van der Waals surface area contributed by atoms with E-state index in [-0.39, 0.29) is 4.90 Å². The Morgan fingerprint density at radius 3 is 2.38 bits per heavy atom. The van der Waals surface area contributed by atoms with Crippen LogP contribution in [-0.4, -0.2) is 43.2 Å². The molecule has 5 N–H and O–H groups in total. The second-order valence-corrected chi connectivity index (χ2v) is 8.12. The number of rotatable bonds is 8. The molecule has 0 amide bonds. The molecule has 1 rings (SSSR count). The third kappa shape index (κ3) is 5.87. The van der Waals surface area contributed by atoms with Crippen LogP contribution < -0.4 is 20.5 Å². The van der Waals surface area contributed by atoms with Gasteiger partial charge in [-0.05, 0) is 31.7 Å². The molecule has 1 aromatic rings. The Hall–Kier alpha value is -1.36. The second-order valence-electron chi connectivity index (χ2n) is 4.40. The number of benzene rings is 1. The van der Waals surface area contributed by atoms with Gasteiger partial charge in [-0.15, -0.1) is 0 Å². The Kier molecular flexibility index (Phi) is 5.96. The number of hydrogen-bond acceptors (Lipinski definition) is 6. The van der Waals surface area contributed by atoms with Crippen molar-refractivity contribution in [3.63, 3.8) is 0 Å². The third-order valence-electron chi connectivity index (χ3n) is 2.64. The van der Waals surface area contributed by atoms with Crippen molar-refractivity contribution in [1.82, 2.24) is 9.44 Å². The zero-order chi connectivity index (χ0) is 16.1. The molecule has 0 aliphatic rings. The Morgan fingerprint density at radius 1 is 1.14 bits per heavy atom. The minimum atomic E-state index is -3.53. The van der Waals surface area contributed by atoms with E-state index in [1.54, 1.807) is 0 Å². The molecule has 1 aromatic carbocycles. The lowest BCUT2D eigenvalue weighted by atomic mass is 10.2. The Labute approximate surface area is 125 Å². The van der Waals surface area contributed by atoms with E-state index in [1.165, 1.54) is 25.2 Å². The molecular formula is C11H20N4O4S2. The van der Waals surface area contributed by atoms with Crippen molar-refractivity contribution >= 4 is 31.4 Å². The van der Waals surface area contributed by atoms with Crippen LogP contribution in [-0.2, 0) is 20.0 Å². The summed E-state index contributed by atoms with van der Waals surface area (Å²) >= 11 is 0. The van der Waals surface area contributed by atoms with Gasteiger partial charge in [0.15, 0.2) is 0 Å². The van der Waals surface area contributed by atoms with Crippen molar-refractivity contribution in [3.05, 3.63) is 18.2 Å². The quantitative estimate of drug-likeness (QED) is 0.375. The van der Waals surface area contributed by atoms with E-state index in [0.717, 1.165) is 6.26 Å². The first kappa shape index (κ1) is 17.7. The smallest absolute Gasteiger partial charge is 0.240 e. The number of sulfonamides is 2. The van der Waals surface area contributed by atoms with Gasteiger partial charge in [-0.25, -0.2) is 26.3 Å². The summed E-state index contributed by atoms with van der Waals surface area (Å²) in [6.45, 7) is 0.746. The highest BCUT2D eigenvalue weighted by molar-refractivity contribution is 7.89. The summed E-state index contributed by atoms with van der Waals surface area (Å²) in [4.78, 5) is 0.107. The molecule has 0 radical (unpaired) electrons. The van der Waals surface area contributed by atoms with Gasteiger partial charge < -0.3 is 11.1 Å². The molecule has 8 nitrogen and oxygen atoms in total. The van der Waals surface area contributed by atoms with Gasteiger partial charge in [-0.3, -0.25) is 0 Å². The Morgan fingerprint density at radius 2 is 1.81 bits per heavy atom. The fourth-order valence-electron chi connectivity index (χ4n) is 1.54. The monoisotopic (exact) mass is 336 g/mol. The zero-order valence-corrected chi connectivity index (χ0v) is 13.5. The average Bonchev–Trinajstić information content (AvgIpc) is 2.38. The molecule has 0 saturated heterocycles. The van der Waals surface area contributed by atoms with Crippen molar-refractivity contribution in [3.8, 4) is 0 Å². The average molecular weight is 336 g/mol.